The molecule has 142 valence electrons. The van der Waals surface area contributed by atoms with E-state index in [1.54, 1.807) is 0 Å². The van der Waals surface area contributed by atoms with Crippen molar-refractivity contribution in [2.24, 2.45) is 11.7 Å². The van der Waals surface area contributed by atoms with Gasteiger partial charge in [-0.1, -0.05) is 26.2 Å². The molecule has 3 rings (SSSR count). The molecule has 3 aliphatic rings. The summed E-state index contributed by atoms with van der Waals surface area (Å²) in [6.07, 6.45) is 10.7. The molecule has 1 heterocycles. The number of halogens is 2. The van der Waals surface area contributed by atoms with Crippen LogP contribution >= 0.6 is 24.8 Å². The number of rotatable bonds is 2. The fraction of sp³-hybridized carbons (Fsp3) is 0.944. The molecule has 2 N–H and O–H groups in total. The monoisotopic (exact) mass is 379 g/mol. The van der Waals surface area contributed by atoms with E-state index in [-0.39, 0.29) is 30.7 Å². The molecule has 0 bridgehead atoms. The van der Waals surface area contributed by atoms with Crippen molar-refractivity contribution in [3.05, 3.63) is 0 Å². The Kier molecular flexibility index (Phi) is 8.81. The lowest BCUT2D eigenvalue weighted by Crippen LogP contribution is -2.61. The van der Waals surface area contributed by atoms with Gasteiger partial charge in [0.1, 0.15) is 0 Å². The van der Waals surface area contributed by atoms with Crippen LogP contribution in [0.1, 0.15) is 64.7 Å². The third kappa shape index (κ3) is 5.00. The Balaban J connectivity index is 0.00000144. The average Bonchev–Trinajstić information content (AvgIpc) is 2.56. The highest BCUT2D eigenvalue weighted by Crippen LogP contribution is 2.30. The zero-order valence-corrected chi connectivity index (χ0v) is 16.7. The van der Waals surface area contributed by atoms with Gasteiger partial charge in [-0.2, -0.15) is 0 Å². The molecule has 1 aliphatic heterocycles. The van der Waals surface area contributed by atoms with Crippen LogP contribution in [0.4, 0.5) is 0 Å². The van der Waals surface area contributed by atoms with E-state index in [0.29, 0.717) is 0 Å². The second-order valence-corrected chi connectivity index (χ2v) is 7.96. The Morgan fingerprint density at radius 2 is 1.46 bits per heavy atom. The van der Waals surface area contributed by atoms with Gasteiger partial charge in [-0.25, -0.2) is 0 Å². The SMILES string of the molecule is CC1CCC(N2CCN(C(=O)C3(N)CCCCC3)CC2)CC1.Cl.Cl. The van der Waals surface area contributed by atoms with Crippen molar-refractivity contribution in [1.29, 1.82) is 0 Å². The highest BCUT2D eigenvalue weighted by atomic mass is 35.5. The van der Waals surface area contributed by atoms with Gasteiger partial charge in [-0.15, -0.1) is 24.8 Å². The molecule has 0 aromatic carbocycles. The van der Waals surface area contributed by atoms with E-state index in [0.717, 1.165) is 63.8 Å². The summed E-state index contributed by atoms with van der Waals surface area (Å²) in [6, 6.07) is 0.759. The van der Waals surface area contributed by atoms with Crippen LogP contribution in [0.5, 0.6) is 0 Å². The lowest BCUT2D eigenvalue weighted by atomic mass is 9.81. The molecular formula is C18H35Cl2N3O. The van der Waals surface area contributed by atoms with Crippen LogP contribution in [0.2, 0.25) is 0 Å². The summed E-state index contributed by atoms with van der Waals surface area (Å²) in [6.45, 7) is 6.22. The molecule has 0 radical (unpaired) electrons. The number of nitrogens with two attached hydrogens (primary N) is 1. The number of carbonyl (C=O) groups excluding carboxylic acids is 1. The summed E-state index contributed by atoms with van der Waals surface area (Å²) in [4.78, 5) is 17.5. The van der Waals surface area contributed by atoms with Gasteiger partial charge < -0.3 is 10.6 Å². The Morgan fingerprint density at radius 1 is 0.917 bits per heavy atom. The fourth-order valence-corrected chi connectivity index (χ4v) is 4.61. The molecule has 0 unspecified atom stereocenters. The molecular weight excluding hydrogens is 345 g/mol. The first-order valence-corrected chi connectivity index (χ1v) is 9.41. The molecule has 4 nitrogen and oxygen atoms in total. The van der Waals surface area contributed by atoms with Gasteiger partial charge in [0.15, 0.2) is 0 Å². The molecule has 1 saturated heterocycles. The lowest BCUT2D eigenvalue weighted by Gasteiger charge is -2.44. The third-order valence-electron chi connectivity index (χ3n) is 6.27. The molecule has 24 heavy (non-hydrogen) atoms. The van der Waals surface area contributed by atoms with Crippen LogP contribution in [0.25, 0.3) is 0 Å². The van der Waals surface area contributed by atoms with E-state index in [9.17, 15) is 4.79 Å². The molecule has 0 spiro atoms. The van der Waals surface area contributed by atoms with Crippen LogP contribution in [-0.2, 0) is 4.79 Å². The van der Waals surface area contributed by atoms with Gasteiger partial charge in [0, 0.05) is 32.2 Å². The maximum atomic E-state index is 12.8. The zero-order valence-electron chi connectivity index (χ0n) is 15.0. The third-order valence-corrected chi connectivity index (χ3v) is 6.27. The van der Waals surface area contributed by atoms with E-state index >= 15 is 0 Å². The molecule has 0 aromatic rings. The smallest absolute Gasteiger partial charge is 0.242 e. The Bertz CT molecular complexity index is 386. The Labute approximate surface area is 159 Å². The van der Waals surface area contributed by atoms with Crippen molar-refractivity contribution in [3.8, 4) is 0 Å². The number of amides is 1. The van der Waals surface area contributed by atoms with Crippen molar-refractivity contribution in [2.45, 2.75) is 76.3 Å². The summed E-state index contributed by atoms with van der Waals surface area (Å²) in [5.74, 6) is 1.13. The van der Waals surface area contributed by atoms with Crippen LogP contribution in [0, 0.1) is 5.92 Å². The maximum Gasteiger partial charge on any atom is 0.242 e. The molecule has 6 heteroatoms. The molecule has 1 amide bonds. The molecule has 2 saturated carbocycles. The predicted octanol–water partition coefficient (Wildman–Crippen LogP) is 3.21. The van der Waals surface area contributed by atoms with Gasteiger partial charge in [-0.3, -0.25) is 9.69 Å². The lowest BCUT2D eigenvalue weighted by molar-refractivity contribution is -0.140. The van der Waals surface area contributed by atoms with Crippen LogP contribution in [0.3, 0.4) is 0 Å². The topological polar surface area (TPSA) is 49.6 Å². The normalized spacial score (nSPS) is 30.8. The van der Waals surface area contributed by atoms with Crippen LogP contribution in [0.15, 0.2) is 0 Å². The minimum Gasteiger partial charge on any atom is -0.339 e. The van der Waals surface area contributed by atoms with E-state index in [2.05, 4.69) is 11.8 Å². The van der Waals surface area contributed by atoms with Gasteiger partial charge in [0.05, 0.1) is 5.54 Å². The molecule has 2 aliphatic carbocycles. The minimum atomic E-state index is -0.555. The van der Waals surface area contributed by atoms with Crippen molar-refractivity contribution < 1.29 is 4.79 Å². The zero-order chi connectivity index (χ0) is 15.6. The standard InChI is InChI=1S/C18H33N3O.2ClH/c1-15-5-7-16(8-6-15)20-11-13-21(14-12-20)17(22)18(19)9-3-2-4-10-18;;/h15-16H,2-14,19H2,1H3;2*1H. The van der Waals surface area contributed by atoms with Crippen molar-refractivity contribution in [1.82, 2.24) is 9.80 Å². The van der Waals surface area contributed by atoms with E-state index < -0.39 is 5.54 Å². The van der Waals surface area contributed by atoms with E-state index in [1.165, 1.54) is 32.1 Å². The number of nitrogens with zero attached hydrogens (tertiary/aromatic N) is 2. The highest BCUT2D eigenvalue weighted by Gasteiger charge is 2.39. The van der Waals surface area contributed by atoms with Crippen molar-refractivity contribution in [2.75, 3.05) is 26.2 Å². The largest absolute Gasteiger partial charge is 0.339 e. The number of hydrogen-bond acceptors (Lipinski definition) is 3. The first-order chi connectivity index (χ1) is 10.6. The van der Waals surface area contributed by atoms with Gasteiger partial charge in [0.2, 0.25) is 5.91 Å². The first-order valence-electron chi connectivity index (χ1n) is 9.41. The summed E-state index contributed by atoms with van der Waals surface area (Å²) < 4.78 is 0. The molecule has 0 atom stereocenters. The number of piperazine rings is 1. The molecule has 3 fully saturated rings. The van der Waals surface area contributed by atoms with E-state index in [4.69, 9.17) is 5.73 Å². The highest BCUT2D eigenvalue weighted by molar-refractivity contribution is 5.86. The fourth-order valence-electron chi connectivity index (χ4n) is 4.61. The summed E-state index contributed by atoms with van der Waals surface area (Å²) in [5.41, 5.74) is 5.87. The van der Waals surface area contributed by atoms with Crippen LogP contribution < -0.4 is 5.73 Å². The second-order valence-electron chi connectivity index (χ2n) is 7.96. The van der Waals surface area contributed by atoms with Crippen molar-refractivity contribution >= 4 is 30.7 Å². The summed E-state index contributed by atoms with van der Waals surface area (Å²) >= 11 is 0. The quantitative estimate of drug-likeness (QED) is 0.800. The predicted molar refractivity (Wildman–Crippen MR) is 104 cm³/mol. The van der Waals surface area contributed by atoms with Crippen molar-refractivity contribution in [3.63, 3.8) is 0 Å². The minimum absolute atomic E-state index is 0. The summed E-state index contributed by atoms with van der Waals surface area (Å²) in [5, 5.41) is 0. The van der Waals surface area contributed by atoms with Gasteiger partial charge in [0.25, 0.3) is 0 Å². The summed E-state index contributed by atoms with van der Waals surface area (Å²) in [7, 11) is 0. The number of carbonyl (C=O) groups is 1. The Hall–Kier alpha value is -0.0300. The first kappa shape index (κ1) is 22.0. The Morgan fingerprint density at radius 3 is 2.00 bits per heavy atom. The maximum absolute atomic E-state index is 12.8. The van der Waals surface area contributed by atoms with Gasteiger partial charge >= 0.3 is 0 Å². The van der Waals surface area contributed by atoms with E-state index in [1.807, 2.05) is 4.90 Å². The average molecular weight is 380 g/mol. The second kappa shape index (κ2) is 9.61. The number of hydrogen-bond donors (Lipinski definition) is 1. The van der Waals surface area contributed by atoms with Gasteiger partial charge in [-0.05, 0) is 44.4 Å². The van der Waals surface area contributed by atoms with Crippen LogP contribution in [-0.4, -0.2) is 53.5 Å². The molecule has 0 aromatic heterocycles.